The molecule has 3 aromatic rings. The molecule has 1 aromatic heterocycles. The Balaban J connectivity index is 1.61. The van der Waals surface area contributed by atoms with Gasteiger partial charge in [0.2, 0.25) is 46.4 Å². The third kappa shape index (κ3) is 4.98. The van der Waals surface area contributed by atoms with Crippen molar-refractivity contribution in [2.45, 2.75) is 0 Å². The van der Waals surface area contributed by atoms with Crippen molar-refractivity contribution in [2.24, 2.45) is 0 Å². The van der Waals surface area contributed by atoms with E-state index in [1.165, 1.54) is 26.6 Å². The lowest BCUT2D eigenvalue weighted by atomic mass is 10.1. The van der Waals surface area contributed by atoms with E-state index in [1.54, 1.807) is 6.07 Å². The number of hydrogen-bond acceptors (Lipinski definition) is 9. The molecule has 1 heterocycles. The molecule has 4 rings (SSSR count). The molecule has 2 aromatic carbocycles. The Morgan fingerprint density at radius 1 is 0.816 bits per heavy atom. The number of nitrogens with zero attached hydrogens (tertiary/aromatic N) is 2. The highest BCUT2D eigenvalue weighted by Crippen LogP contribution is 2.35. The zero-order valence-corrected chi connectivity index (χ0v) is 19.5. The van der Waals surface area contributed by atoms with Crippen molar-refractivity contribution in [1.82, 2.24) is 9.97 Å². The predicted octanol–water partition coefficient (Wildman–Crippen LogP) is 3.77. The number of rotatable bonds is 9. The minimum absolute atomic E-state index is 0.0849. The van der Waals surface area contributed by atoms with Crippen molar-refractivity contribution < 1.29 is 50.5 Å². The third-order valence-electron chi connectivity index (χ3n) is 5.15. The van der Waals surface area contributed by atoms with Gasteiger partial charge in [0.05, 0.1) is 24.9 Å². The maximum absolute atomic E-state index is 13.9. The summed E-state index contributed by atoms with van der Waals surface area (Å²) in [5, 5.41) is 3.04. The number of methoxy groups -OCH3 is 2. The Morgan fingerprint density at radius 2 is 1.50 bits per heavy atom. The number of carbonyl (C=O) groups is 2. The first-order chi connectivity index (χ1) is 18.2. The molecule has 1 aliphatic rings. The predicted molar refractivity (Wildman–Crippen MR) is 120 cm³/mol. The van der Waals surface area contributed by atoms with Crippen molar-refractivity contribution in [1.29, 1.82) is 0 Å². The lowest BCUT2D eigenvalue weighted by Gasteiger charge is -2.17. The molecular weight excluding hydrogens is 521 g/mol. The Labute approximate surface area is 210 Å². The number of nitrogens with one attached hydrogen (secondary N) is 1. The molecule has 0 fully saturated rings. The molecule has 1 aliphatic carbocycles. The number of ketones is 2. The molecule has 1 N–H and O–H groups in total. The van der Waals surface area contributed by atoms with Crippen LogP contribution in [-0.2, 0) is 14.3 Å². The van der Waals surface area contributed by atoms with E-state index in [9.17, 15) is 31.5 Å². The Morgan fingerprint density at radius 3 is 2.16 bits per heavy atom. The molecule has 0 spiro atoms. The summed E-state index contributed by atoms with van der Waals surface area (Å²) in [6, 6.07) is 3.10. The first-order valence-corrected chi connectivity index (χ1v) is 10.6. The van der Waals surface area contributed by atoms with Crippen LogP contribution in [-0.4, -0.2) is 49.0 Å². The Kier molecular flexibility index (Phi) is 7.52. The minimum Gasteiger partial charge on any atom is -0.493 e. The summed E-state index contributed by atoms with van der Waals surface area (Å²) in [6.07, 6.45) is 2.44. The number of anilines is 1. The molecule has 0 radical (unpaired) electrons. The Bertz CT molecular complexity index is 1500. The van der Waals surface area contributed by atoms with Gasteiger partial charge >= 0.3 is 0 Å². The van der Waals surface area contributed by atoms with Gasteiger partial charge in [0.25, 0.3) is 0 Å². The monoisotopic (exact) mass is 537 g/mol. The van der Waals surface area contributed by atoms with Crippen molar-refractivity contribution in [3.8, 4) is 17.2 Å². The smallest absolute Gasteiger partial charge is 0.223 e. The maximum atomic E-state index is 13.9. The van der Waals surface area contributed by atoms with Gasteiger partial charge in [-0.2, -0.15) is 8.78 Å². The van der Waals surface area contributed by atoms with Gasteiger partial charge in [0.1, 0.15) is 18.8 Å². The second-order valence-corrected chi connectivity index (χ2v) is 7.50. The molecule has 198 valence electrons. The van der Waals surface area contributed by atoms with Crippen molar-refractivity contribution in [3.63, 3.8) is 0 Å². The van der Waals surface area contributed by atoms with Crippen molar-refractivity contribution >= 4 is 28.3 Å². The first-order valence-electron chi connectivity index (χ1n) is 10.6. The number of ether oxygens (including phenoxy) is 4. The molecule has 0 saturated carbocycles. The molecule has 0 saturated heterocycles. The summed E-state index contributed by atoms with van der Waals surface area (Å²) in [7, 11) is 2.92. The van der Waals surface area contributed by atoms with Gasteiger partial charge in [0.15, 0.2) is 17.3 Å². The van der Waals surface area contributed by atoms with Crippen LogP contribution in [0.5, 0.6) is 17.2 Å². The molecule has 0 bridgehead atoms. The van der Waals surface area contributed by atoms with Gasteiger partial charge in [0, 0.05) is 30.7 Å². The zero-order chi connectivity index (χ0) is 27.6. The SMILES string of the molecule is COCCOc1cc2ncnc(NC3=CC(=O)C(Oc4c(F)c(F)c(F)c(F)c4F)=CC3=O)c2cc1OC. The summed E-state index contributed by atoms with van der Waals surface area (Å²) in [5.41, 5.74) is 0.0657. The van der Waals surface area contributed by atoms with Gasteiger partial charge in [-0.15, -0.1) is 0 Å². The molecule has 0 unspecified atom stereocenters. The highest BCUT2D eigenvalue weighted by molar-refractivity contribution is 6.20. The second kappa shape index (κ2) is 10.8. The van der Waals surface area contributed by atoms with E-state index in [2.05, 4.69) is 20.0 Å². The quantitative estimate of drug-likeness (QED) is 0.143. The number of halogens is 5. The number of carbonyl (C=O) groups excluding carboxylic acids is 2. The second-order valence-electron chi connectivity index (χ2n) is 7.50. The normalized spacial score (nSPS) is 13.3. The highest BCUT2D eigenvalue weighted by Gasteiger charge is 2.30. The fourth-order valence-electron chi connectivity index (χ4n) is 3.30. The summed E-state index contributed by atoms with van der Waals surface area (Å²) in [6.45, 7) is 0.561. The van der Waals surface area contributed by atoms with Crippen LogP contribution in [0, 0.1) is 29.1 Å². The topological polar surface area (TPSA) is 109 Å². The van der Waals surface area contributed by atoms with Crippen molar-refractivity contribution in [2.75, 3.05) is 32.8 Å². The van der Waals surface area contributed by atoms with E-state index >= 15 is 0 Å². The fraction of sp³-hybridized carbons (Fsp3) is 0.167. The Hall–Kier alpha value is -4.59. The van der Waals surface area contributed by atoms with Gasteiger partial charge in [-0.05, 0) is 6.07 Å². The number of benzene rings is 2. The van der Waals surface area contributed by atoms with E-state index in [0.717, 1.165) is 6.08 Å². The molecule has 9 nitrogen and oxygen atoms in total. The van der Waals surface area contributed by atoms with E-state index < -0.39 is 52.2 Å². The lowest BCUT2D eigenvalue weighted by molar-refractivity contribution is -0.116. The first kappa shape index (κ1) is 26.5. The number of allylic oxidation sites excluding steroid dienone is 2. The van der Waals surface area contributed by atoms with E-state index in [-0.39, 0.29) is 18.1 Å². The van der Waals surface area contributed by atoms with Crippen molar-refractivity contribution in [3.05, 3.63) is 71.2 Å². The lowest BCUT2D eigenvalue weighted by Crippen LogP contribution is -2.22. The summed E-state index contributed by atoms with van der Waals surface area (Å²) in [5.74, 6) is -15.5. The molecular formula is C24H16F5N3O6. The largest absolute Gasteiger partial charge is 0.493 e. The molecule has 0 amide bonds. The average Bonchev–Trinajstić information content (AvgIpc) is 2.91. The van der Waals surface area contributed by atoms with E-state index in [0.29, 0.717) is 35.1 Å². The van der Waals surface area contributed by atoms with Crippen LogP contribution < -0.4 is 19.5 Å². The number of hydrogen-bond donors (Lipinski definition) is 1. The van der Waals surface area contributed by atoms with Crippen LogP contribution >= 0.6 is 0 Å². The zero-order valence-electron chi connectivity index (χ0n) is 19.5. The number of fused-ring (bicyclic) bond motifs is 1. The molecule has 14 heteroatoms. The average molecular weight is 537 g/mol. The summed E-state index contributed by atoms with van der Waals surface area (Å²) >= 11 is 0. The molecule has 38 heavy (non-hydrogen) atoms. The van der Waals surface area contributed by atoms with Crippen LogP contribution in [0.3, 0.4) is 0 Å². The molecule has 0 aliphatic heterocycles. The summed E-state index contributed by atoms with van der Waals surface area (Å²) < 4.78 is 88.5. The standard InChI is InChI=1S/C24H16F5N3O6/c1-35-3-4-37-17-7-11-10(5-16(17)36-2)24(31-9-30-11)32-12-6-14(34)15(8-13(12)33)38-23-21(28)19(26)18(25)20(27)22(23)29/h5-9H,3-4H2,1-2H3,(H,30,31,32). The van der Waals surface area contributed by atoms with Crippen LogP contribution in [0.2, 0.25) is 0 Å². The minimum atomic E-state index is -2.40. The van der Waals surface area contributed by atoms with Crippen LogP contribution in [0.25, 0.3) is 10.9 Å². The van der Waals surface area contributed by atoms with Gasteiger partial charge in [-0.3, -0.25) is 9.59 Å². The summed E-state index contributed by atoms with van der Waals surface area (Å²) in [4.78, 5) is 33.3. The van der Waals surface area contributed by atoms with Crippen LogP contribution in [0.15, 0.2) is 42.1 Å². The van der Waals surface area contributed by atoms with Gasteiger partial charge in [-0.1, -0.05) is 0 Å². The van der Waals surface area contributed by atoms with E-state index in [1.807, 2.05) is 0 Å². The van der Waals surface area contributed by atoms with Crippen LogP contribution in [0.1, 0.15) is 0 Å². The van der Waals surface area contributed by atoms with Crippen LogP contribution in [0.4, 0.5) is 27.8 Å². The fourth-order valence-corrected chi connectivity index (χ4v) is 3.30. The van der Waals surface area contributed by atoms with Gasteiger partial charge < -0.3 is 24.3 Å². The maximum Gasteiger partial charge on any atom is 0.223 e. The number of aromatic nitrogens is 2. The third-order valence-corrected chi connectivity index (χ3v) is 5.15. The molecule has 0 atom stereocenters. The van der Waals surface area contributed by atoms with E-state index in [4.69, 9.17) is 14.2 Å². The highest BCUT2D eigenvalue weighted by atomic mass is 19.2. The van der Waals surface area contributed by atoms with Gasteiger partial charge in [-0.25, -0.2) is 23.1 Å².